The minimum atomic E-state index is -0.398. The Balaban J connectivity index is 2.50. The highest BCUT2D eigenvalue weighted by atomic mass is 35.5. The number of halogens is 2. The topological polar surface area (TPSA) is 26.0 Å². The predicted octanol–water partition coefficient (Wildman–Crippen LogP) is 3.67. The summed E-state index contributed by atoms with van der Waals surface area (Å²) in [5, 5.41) is 2.11. The summed E-state index contributed by atoms with van der Waals surface area (Å²) in [6, 6.07) is 6.67. The van der Waals surface area contributed by atoms with Crippen LogP contribution in [-0.4, -0.2) is 0 Å². The van der Waals surface area contributed by atoms with Crippen LogP contribution in [-0.2, 0) is 6.54 Å². The summed E-state index contributed by atoms with van der Waals surface area (Å²) in [6.07, 6.45) is 0. The molecule has 1 heterocycles. The molecule has 0 saturated heterocycles. The second kappa shape index (κ2) is 4.31. The van der Waals surface area contributed by atoms with E-state index < -0.39 is 5.82 Å². The van der Waals surface area contributed by atoms with Crippen LogP contribution >= 0.6 is 22.9 Å². The highest BCUT2D eigenvalue weighted by molar-refractivity contribution is 7.10. The molecular weight excluding hydrogens is 233 g/mol. The van der Waals surface area contributed by atoms with Crippen LogP contribution in [0.3, 0.4) is 0 Å². The van der Waals surface area contributed by atoms with Crippen LogP contribution in [0.15, 0.2) is 29.6 Å². The Morgan fingerprint density at radius 2 is 2.13 bits per heavy atom. The van der Waals surface area contributed by atoms with Gasteiger partial charge in [-0.25, -0.2) is 4.39 Å². The van der Waals surface area contributed by atoms with Crippen molar-refractivity contribution in [1.82, 2.24) is 0 Å². The number of hydrogen-bond acceptors (Lipinski definition) is 2. The number of benzene rings is 1. The fourth-order valence-electron chi connectivity index (χ4n) is 1.42. The Bertz CT molecular complexity index is 481. The van der Waals surface area contributed by atoms with Gasteiger partial charge >= 0.3 is 0 Å². The normalized spacial score (nSPS) is 10.6. The lowest BCUT2D eigenvalue weighted by Crippen LogP contribution is -1.94. The molecule has 2 N–H and O–H groups in total. The lowest BCUT2D eigenvalue weighted by atomic mass is 10.1. The number of nitrogens with two attached hydrogens (primary N) is 1. The first-order chi connectivity index (χ1) is 7.22. The van der Waals surface area contributed by atoms with Crippen molar-refractivity contribution in [2.24, 2.45) is 5.73 Å². The summed E-state index contributed by atoms with van der Waals surface area (Å²) < 4.78 is 13.0. The molecule has 0 atom stereocenters. The minimum absolute atomic E-state index is 0.140. The maximum Gasteiger partial charge on any atom is 0.141 e. The molecule has 2 aromatic rings. The van der Waals surface area contributed by atoms with Gasteiger partial charge in [0, 0.05) is 11.4 Å². The molecule has 0 aliphatic heterocycles. The predicted molar refractivity (Wildman–Crippen MR) is 62.6 cm³/mol. The van der Waals surface area contributed by atoms with Crippen molar-refractivity contribution < 1.29 is 4.39 Å². The molecule has 15 heavy (non-hydrogen) atoms. The maximum absolute atomic E-state index is 13.0. The van der Waals surface area contributed by atoms with Crippen molar-refractivity contribution in [3.63, 3.8) is 0 Å². The Morgan fingerprint density at radius 1 is 1.33 bits per heavy atom. The second-order valence-corrected chi connectivity index (χ2v) is 4.50. The van der Waals surface area contributed by atoms with E-state index in [1.165, 1.54) is 6.07 Å². The van der Waals surface area contributed by atoms with Crippen molar-refractivity contribution in [2.45, 2.75) is 6.54 Å². The van der Waals surface area contributed by atoms with Gasteiger partial charge in [0.25, 0.3) is 0 Å². The van der Waals surface area contributed by atoms with Crippen LogP contribution in [0.1, 0.15) is 4.88 Å². The van der Waals surface area contributed by atoms with E-state index in [-0.39, 0.29) is 5.02 Å². The second-order valence-electron chi connectivity index (χ2n) is 3.09. The molecule has 0 spiro atoms. The zero-order chi connectivity index (χ0) is 10.8. The van der Waals surface area contributed by atoms with E-state index in [4.69, 9.17) is 17.3 Å². The minimum Gasteiger partial charge on any atom is -0.326 e. The monoisotopic (exact) mass is 241 g/mol. The zero-order valence-corrected chi connectivity index (χ0v) is 9.41. The summed E-state index contributed by atoms with van der Waals surface area (Å²) >= 11 is 7.32. The van der Waals surface area contributed by atoms with Crippen molar-refractivity contribution in [2.75, 3.05) is 0 Å². The van der Waals surface area contributed by atoms with Crippen molar-refractivity contribution >= 4 is 22.9 Å². The van der Waals surface area contributed by atoms with Crippen LogP contribution in [0, 0.1) is 5.82 Å². The Kier molecular flexibility index (Phi) is 3.05. The summed E-state index contributed by atoms with van der Waals surface area (Å²) in [6.45, 7) is 0.488. The molecule has 1 nitrogen and oxygen atoms in total. The molecule has 0 radical (unpaired) electrons. The summed E-state index contributed by atoms with van der Waals surface area (Å²) in [4.78, 5) is 1.08. The van der Waals surface area contributed by atoms with Gasteiger partial charge in [-0.3, -0.25) is 0 Å². The quantitative estimate of drug-likeness (QED) is 0.853. The lowest BCUT2D eigenvalue weighted by molar-refractivity contribution is 0.628. The average molecular weight is 242 g/mol. The number of hydrogen-bond donors (Lipinski definition) is 1. The third-order valence-corrected chi connectivity index (χ3v) is 3.39. The Hall–Kier alpha value is -0.900. The Labute approximate surface area is 96.3 Å². The molecular formula is C11H9ClFNS. The van der Waals surface area contributed by atoms with Crippen LogP contribution in [0.5, 0.6) is 0 Å². The first-order valence-electron chi connectivity index (χ1n) is 4.44. The molecule has 0 saturated carbocycles. The third kappa shape index (κ3) is 2.04. The Morgan fingerprint density at radius 3 is 2.80 bits per heavy atom. The van der Waals surface area contributed by atoms with Crippen molar-refractivity contribution in [3.8, 4) is 11.1 Å². The lowest BCUT2D eigenvalue weighted by Gasteiger charge is -2.03. The van der Waals surface area contributed by atoms with Gasteiger partial charge in [-0.2, -0.15) is 0 Å². The highest BCUT2D eigenvalue weighted by Crippen LogP contribution is 2.30. The molecule has 1 aromatic carbocycles. The van der Waals surface area contributed by atoms with Gasteiger partial charge in [-0.15, -0.1) is 11.3 Å². The van der Waals surface area contributed by atoms with Crippen LogP contribution < -0.4 is 5.73 Å². The third-order valence-electron chi connectivity index (χ3n) is 2.16. The largest absolute Gasteiger partial charge is 0.326 e. The van der Waals surface area contributed by atoms with Gasteiger partial charge in [0.05, 0.1) is 5.02 Å². The number of thiophene rings is 1. The highest BCUT2D eigenvalue weighted by Gasteiger charge is 2.07. The van der Waals surface area contributed by atoms with E-state index in [0.717, 1.165) is 16.0 Å². The van der Waals surface area contributed by atoms with Gasteiger partial charge in [0.2, 0.25) is 0 Å². The van der Waals surface area contributed by atoms with Crippen molar-refractivity contribution in [1.29, 1.82) is 0 Å². The summed E-state index contributed by atoms with van der Waals surface area (Å²) in [5.74, 6) is -0.398. The molecule has 4 heteroatoms. The van der Waals surface area contributed by atoms with E-state index in [1.807, 2.05) is 11.4 Å². The maximum atomic E-state index is 13.0. The molecule has 0 bridgehead atoms. The standard InChI is InChI=1S/C11H9ClFNS/c12-9-5-7(1-2-10(9)13)8-3-4-15-11(8)6-14/h1-5H,6,14H2. The summed E-state index contributed by atoms with van der Waals surface area (Å²) in [5.41, 5.74) is 7.54. The molecule has 0 aliphatic rings. The van der Waals surface area contributed by atoms with Gasteiger partial charge in [-0.05, 0) is 34.7 Å². The fourth-order valence-corrected chi connectivity index (χ4v) is 2.38. The van der Waals surface area contributed by atoms with Gasteiger partial charge in [-0.1, -0.05) is 17.7 Å². The zero-order valence-electron chi connectivity index (χ0n) is 7.84. The van der Waals surface area contributed by atoms with Crippen molar-refractivity contribution in [3.05, 3.63) is 45.4 Å². The molecule has 1 aromatic heterocycles. The molecule has 0 aliphatic carbocycles. The summed E-state index contributed by atoms with van der Waals surface area (Å²) in [7, 11) is 0. The smallest absolute Gasteiger partial charge is 0.141 e. The van der Waals surface area contributed by atoms with E-state index in [9.17, 15) is 4.39 Å². The van der Waals surface area contributed by atoms with Gasteiger partial charge in [0.1, 0.15) is 5.82 Å². The van der Waals surface area contributed by atoms with Gasteiger partial charge in [0.15, 0.2) is 0 Å². The molecule has 0 unspecified atom stereocenters. The van der Waals surface area contributed by atoms with E-state index in [2.05, 4.69) is 0 Å². The molecule has 0 amide bonds. The fraction of sp³-hybridized carbons (Fsp3) is 0.0909. The van der Waals surface area contributed by atoms with Crippen LogP contribution in [0.4, 0.5) is 4.39 Å². The van der Waals surface area contributed by atoms with E-state index in [0.29, 0.717) is 6.54 Å². The molecule has 0 fully saturated rings. The van der Waals surface area contributed by atoms with E-state index >= 15 is 0 Å². The number of rotatable bonds is 2. The first-order valence-corrected chi connectivity index (χ1v) is 5.70. The van der Waals surface area contributed by atoms with Gasteiger partial charge < -0.3 is 5.73 Å². The van der Waals surface area contributed by atoms with Crippen LogP contribution in [0.25, 0.3) is 11.1 Å². The molecule has 2 rings (SSSR count). The average Bonchev–Trinajstić information content (AvgIpc) is 2.70. The molecule has 78 valence electrons. The van der Waals surface area contributed by atoms with E-state index in [1.54, 1.807) is 23.5 Å². The SMILES string of the molecule is NCc1sccc1-c1ccc(F)c(Cl)c1. The van der Waals surface area contributed by atoms with Crippen LogP contribution in [0.2, 0.25) is 5.02 Å². The first kappa shape index (κ1) is 10.6.